The number of benzene rings is 2. The maximum absolute atomic E-state index is 13.1. The second-order valence-corrected chi connectivity index (χ2v) is 6.92. The molecule has 0 bridgehead atoms. The molecule has 1 aliphatic heterocycles. The normalized spacial score (nSPS) is 14.3. The van der Waals surface area contributed by atoms with Crippen LogP contribution in [-0.2, 0) is 17.8 Å². The molecule has 7 heteroatoms. The highest BCUT2D eigenvalue weighted by atomic mass is 127. The number of halogens is 2. The highest BCUT2D eigenvalue weighted by Crippen LogP contribution is 2.17. The number of anilines is 1. The van der Waals surface area contributed by atoms with E-state index in [9.17, 15) is 4.39 Å². The van der Waals surface area contributed by atoms with Crippen molar-refractivity contribution in [2.24, 2.45) is 4.99 Å². The van der Waals surface area contributed by atoms with Gasteiger partial charge >= 0.3 is 0 Å². The van der Waals surface area contributed by atoms with E-state index in [0.717, 1.165) is 44.4 Å². The van der Waals surface area contributed by atoms with Crippen LogP contribution >= 0.6 is 24.0 Å². The summed E-state index contributed by atoms with van der Waals surface area (Å²) in [5, 5.41) is 3.33. The molecule has 29 heavy (non-hydrogen) atoms. The van der Waals surface area contributed by atoms with Crippen molar-refractivity contribution in [2.75, 3.05) is 44.8 Å². The van der Waals surface area contributed by atoms with Gasteiger partial charge in [-0.3, -0.25) is 0 Å². The molecule has 0 radical (unpaired) electrons. The van der Waals surface area contributed by atoms with E-state index in [-0.39, 0.29) is 29.8 Å². The lowest BCUT2D eigenvalue weighted by Gasteiger charge is -2.28. The average molecular weight is 512 g/mol. The van der Waals surface area contributed by atoms with E-state index >= 15 is 0 Å². The van der Waals surface area contributed by atoms with Gasteiger partial charge in [0, 0.05) is 38.9 Å². The summed E-state index contributed by atoms with van der Waals surface area (Å²) in [7, 11) is 1.99. The molecule has 0 saturated carbocycles. The van der Waals surface area contributed by atoms with E-state index in [1.807, 2.05) is 7.05 Å². The first-order chi connectivity index (χ1) is 13.7. The van der Waals surface area contributed by atoms with E-state index in [1.165, 1.54) is 23.4 Å². The molecule has 0 unspecified atom stereocenters. The number of ether oxygens (including phenoxy) is 1. The molecule has 2 aromatic carbocycles. The van der Waals surface area contributed by atoms with Crippen LogP contribution in [0.2, 0.25) is 0 Å². The minimum absolute atomic E-state index is 0. The molecule has 1 aliphatic rings. The third-order valence-corrected chi connectivity index (χ3v) is 4.75. The number of aliphatic imine (C=N–C) groups is 1. The molecule has 1 N–H and O–H groups in total. The summed E-state index contributed by atoms with van der Waals surface area (Å²) >= 11 is 0. The second kappa shape index (κ2) is 12.0. The van der Waals surface area contributed by atoms with E-state index in [2.05, 4.69) is 46.3 Å². The van der Waals surface area contributed by atoms with Gasteiger partial charge in [0.25, 0.3) is 0 Å². The third-order valence-electron chi connectivity index (χ3n) is 4.75. The van der Waals surface area contributed by atoms with E-state index in [1.54, 1.807) is 12.1 Å². The zero-order chi connectivity index (χ0) is 19.8. The summed E-state index contributed by atoms with van der Waals surface area (Å²) in [6.45, 7) is 7.59. The van der Waals surface area contributed by atoms with Crippen molar-refractivity contribution in [1.82, 2.24) is 10.2 Å². The Bertz CT molecular complexity index is 761. The van der Waals surface area contributed by atoms with Crippen LogP contribution in [-0.4, -0.2) is 50.8 Å². The smallest absolute Gasteiger partial charge is 0.194 e. The quantitative estimate of drug-likeness (QED) is 0.363. The lowest BCUT2D eigenvalue weighted by Crippen LogP contribution is -2.38. The van der Waals surface area contributed by atoms with Crippen LogP contribution in [0.1, 0.15) is 18.1 Å². The van der Waals surface area contributed by atoms with Crippen LogP contribution in [0.15, 0.2) is 53.5 Å². The molecule has 0 atom stereocenters. The Labute approximate surface area is 190 Å². The van der Waals surface area contributed by atoms with Gasteiger partial charge in [-0.1, -0.05) is 24.3 Å². The van der Waals surface area contributed by atoms with E-state index in [0.29, 0.717) is 13.1 Å². The predicted octanol–water partition coefficient (Wildman–Crippen LogP) is 3.88. The van der Waals surface area contributed by atoms with Crippen LogP contribution in [0, 0.1) is 5.82 Å². The number of nitrogens with zero attached hydrogens (tertiary/aromatic N) is 3. The molecule has 2 aromatic rings. The monoisotopic (exact) mass is 512 g/mol. The number of rotatable bonds is 6. The standard InChI is InChI=1S/C22H29FN4O.HI/c1-3-24-22(26(2)17-19-4-8-20(23)9-5-19)25-16-18-6-10-21(11-7-18)27-12-14-28-15-13-27;/h4-11H,3,12-17H2,1-2H3,(H,24,25);1H. The van der Waals surface area contributed by atoms with Gasteiger partial charge in [-0.05, 0) is 42.3 Å². The number of nitrogens with one attached hydrogen (secondary N) is 1. The molecule has 5 nitrogen and oxygen atoms in total. The SMILES string of the molecule is CCNC(=NCc1ccc(N2CCOCC2)cc1)N(C)Cc1ccc(F)cc1.I. The maximum atomic E-state index is 13.1. The molecule has 158 valence electrons. The van der Waals surface area contributed by atoms with Gasteiger partial charge in [0.05, 0.1) is 19.8 Å². The lowest BCUT2D eigenvalue weighted by molar-refractivity contribution is 0.122. The molecule has 0 spiro atoms. The minimum atomic E-state index is -0.215. The molecule has 1 saturated heterocycles. The number of morpholine rings is 1. The number of guanidine groups is 1. The molecule has 0 aromatic heterocycles. The molecule has 1 fully saturated rings. The van der Waals surface area contributed by atoms with E-state index in [4.69, 9.17) is 9.73 Å². The van der Waals surface area contributed by atoms with Gasteiger partial charge in [0.2, 0.25) is 0 Å². The van der Waals surface area contributed by atoms with Crippen molar-refractivity contribution in [1.29, 1.82) is 0 Å². The first-order valence-electron chi connectivity index (χ1n) is 9.81. The van der Waals surface area contributed by atoms with Crippen LogP contribution in [0.25, 0.3) is 0 Å². The highest BCUT2D eigenvalue weighted by Gasteiger charge is 2.11. The van der Waals surface area contributed by atoms with Gasteiger partial charge in [-0.2, -0.15) is 0 Å². The zero-order valence-electron chi connectivity index (χ0n) is 17.1. The Morgan fingerprint density at radius 1 is 1.07 bits per heavy atom. The molecule has 3 rings (SSSR count). The van der Waals surface area contributed by atoms with Crippen molar-refractivity contribution in [3.63, 3.8) is 0 Å². The van der Waals surface area contributed by atoms with Crippen molar-refractivity contribution >= 4 is 35.6 Å². The fourth-order valence-electron chi connectivity index (χ4n) is 3.21. The molecular weight excluding hydrogens is 482 g/mol. The average Bonchev–Trinajstić information content (AvgIpc) is 2.74. The largest absolute Gasteiger partial charge is 0.378 e. The van der Waals surface area contributed by atoms with Crippen LogP contribution < -0.4 is 10.2 Å². The van der Waals surface area contributed by atoms with Crippen LogP contribution in [0.4, 0.5) is 10.1 Å². The van der Waals surface area contributed by atoms with Crippen molar-refractivity contribution in [3.8, 4) is 0 Å². The molecular formula is C22H30FIN4O. The van der Waals surface area contributed by atoms with Crippen molar-refractivity contribution in [2.45, 2.75) is 20.0 Å². The molecule has 0 aliphatic carbocycles. The van der Waals surface area contributed by atoms with Gasteiger partial charge in [-0.25, -0.2) is 9.38 Å². The lowest BCUT2D eigenvalue weighted by atomic mass is 10.2. The minimum Gasteiger partial charge on any atom is -0.378 e. The Balaban J connectivity index is 0.00000300. The predicted molar refractivity (Wildman–Crippen MR) is 128 cm³/mol. The van der Waals surface area contributed by atoms with Gasteiger partial charge < -0.3 is 19.9 Å². The fourth-order valence-corrected chi connectivity index (χ4v) is 3.21. The van der Waals surface area contributed by atoms with Gasteiger partial charge in [0.15, 0.2) is 5.96 Å². The van der Waals surface area contributed by atoms with Crippen LogP contribution in [0.5, 0.6) is 0 Å². The maximum Gasteiger partial charge on any atom is 0.194 e. The first-order valence-corrected chi connectivity index (χ1v) is 9.81. The first kappa shape index (κ1) is 23.4. The fraction of sp³-hybridized carbons (Fsp3) is 0.409. The highest BCUT2D eigenvalue weighted by molar-refractivity contribution is 14.0. The van der Waals surface area contributed by atoms with Gasteiger partial charge in [-0.15, -0.1) is 24.0 Å². The van der Waals surface area contributed by atoms with E-state index < -0.39 is 0 Å². The second-order valence-electron chi connectivity index (χ2n) is 6.92. The Morgan fingerprint density at radius 3 is 2.31 bits per heavy atom. The molecule has 0 amide bonds. The van der Waals surface area contributed by atoms with Crippen molar-refractivity contribution in [3.05, 3.63) is 65.5 Å². The third kappa shape index (κ3) is 7.15. The summed E-state index contributed by atoms with van der Waals surface area (Å²) in [5.74, 6) is 0.622. The summed E-state index contributed by atoms with van der Waals surface area (Å²) in [5.41, 5.74) is 3.45. The van der Waals surface area contributed by atoms with Crippen LogP contribution in [0.3, 0.4) is 0 Å². The summed E-state index contributed by atoms with van der Waals surface area (Å²) < 4.78 is 18.5. The summed E-state index contributed by atoms with van der Waals surface area (Å²) in [6.07, 6.45) is 0. The Morgan fingerprint density at radius 2 is 1.69 bits per heavy atom. The Hall–Kier alpha value is -1.87. The van der Waals surface area contributed by atoms with Crippen molar-refractivity contribution < 1.29 is 9.13 Å². The van der Waals surface area contributed by atoms with Gasteiger partial charge in [0.1, 0.15) is 5.82 Å². The molecule has 1 heterocycles. The number of hydrogen-bond acceptors (Lipinski definition) is 3. The summed E-state index contributed by atoms with van der Waals surface area (Å²) in [4.78, 5) is 9.16. The zero-order valence-corrected chi connectivity index (χ0v) is 19.4. The number of hydrogen-bond donors (Lipinski definition) is 1. The topological polar surface area (TPSA) is 40.1 Å². The summed E-state index contributed by atoms with van der Waals surface area (Å²) in [6, 6.07) is 15.2. The Kier molecular flexibility index (Phi) is 9.66.